The van der Waals surface area contributed by atoms with Crippen molar-refractivity contribution >= 4 is 0 Å². The first kappa shape index (κ1) is 9.51. The quantitative estimate of drug-likeness (QED) is 0.633. The van der Waals surface area contributed by atoms with Crippen molar-refractivity contribution < 1.29 is 0 Å². The van der Waals surface area contributed by atoms with Crippen LogP contribution >= 0.6 is 0 Å². The van der Waals surface area contributed by atoms with E-state index in [0.717, 1.165) is 23.8 Å². The van der Waals surface area contributed by atoms with Gasteiger partial charge in [0.15, 0.2) is 0 Å². The van der Waals surface area contributed by atoms with E-state index in [1.54, 1.807) is 0 Å². The largest absolute Gasteiger partial charge is 0.300 e. The molecular formula is C12H23N. The average Bonchev–Trinajstić information content (AvgIpc) is 2.18. The fourth-order valence-corrected chi connectivity index (χ4v) is 3.46. The summed E-state index contributed by atoms with van der Waals surface area (Å²) in [5.74, 6) is 2.96. The zero-order chi connectivity index (χ0) is 9.42. The van der Waals surface area contributed by atoms with E-state index in [1.165, 1.54) is 32.4 Å². The Morgan fingerprint density at radius 2 is 2.08 bits per heavy atom. The minimum atomic E-state index is 0.909. The zero-order valence-electron chi connectivity index (χ0n) is 9.29. The fraction of sp³-hybridized carbons (Fsp3) is 1.00. The van der Waals surface area contributed by atoms with Gasteiger partial charge in [0, 0.05) is 12.6 Å². The van der Waals surface area contributed by atoms with E-state index in [-0.39, 0.29) is 0 Å². The van der Waals surface area contributed by atoms with Crippen LogP contribution in [0, 0.1) is 17.8 Å². The Morgan fingerprint density at radius 3 is 2.54 bits per heavy atom. The smallest absolute Gasteiger partial charge is 0.00982 e. The van der Waals surface area contributed by atoms with Crippen molar-refractivity contribution in [2.24, 2.45) is 17.8 Å². The zero-order valence-corrected chi connectivity index (χ0v) is 9.29. The first-order valence-corrected chi connectivity index (χ1v) is 5.96. The summed E-state index contributed by atoms with van der Waals surface area (Å²) in [5.41, 5.74) is 0. The number of hydrogen-bond acceptors (Lipinski definition) is 1. The highest BCUT2D eigenvalue weighted by molar-refractivity contribution is 4.93. The van der Waals surface area contributed by atoms with E-state index < -0.39 is 0 Å². The standard InChI is InChI=1S/C12H23N/c1-4-13-8-10-5-6-11(13)7-12(10)9(2)3/h9-12H,4-8H2,1-3H3. The summed E-state index contributed by atoms with van der Waals surface area (Å²) in [6.07, 6.45) is 4.46. The lowest BCUT2D eigenvalue weighted by atomic mass is 9.68. The van der Waals surface area contributed by atoms with Crippen molar-refractivity contribution in [2.45, 2.75) is 46.1 Å². The molecule has 0 spiro atoms. The summed E-state index contributed by atoms with van der Waals surface area (Å²) in [6, 6.07) is 0.933. The van der Waals surface area contributed by atoms with E-state index in [9.17, 15) is 0 Å². The van der Waals surface area contributed by atoms with E-state index in [2.05, 4.69) is 25.7 Å². The molecule has 2 aliphatic heterocycles. The van der Waals surface area contributed by atoms with Crippen LogP contribution in [0.2, 0.25) is 0 Å². The molecule has 2 saturated heterocycles. The molecule has 0 amide bonds. The van der Waals surface area contributed by atoms with Crippen LogP contribution in [-0.2, 0) is 0 Å². The third-order valence-electron chi connectivity index (χ3n) is 4.27. The SMILES string of the molecule is CCN1CC2CCC1CC2C(C)C. The molecule has 13 heavy (non-hydrogen) atoms. The van der Waals surface area contributed by atoms with Gasteiger partial charge in [0.25, 0.3) is 0 Å². The molecule has 1 saturated carbocycles. The van der Waals surface area contributed by atoms with Gasteiger partial charge in [-0.1, -0.05) is 20.8 Å². The molecule has 2 heterocycles. The average molecular weight is 181 g/mol. The Bertz CT molecular complexity index is 176. The Morgan fingerprint density at radius 1 is 1.31 bits per heavy atom. The molecular weight excluding hydrogens is 158 g/mol. The van der Waals surface area contributed by atoms with Crippen molar-refractivity contribution in [3.05, 3.63) is 0 Å². The van der Waals surface area contributed by atoms with Crippen LogP contribution in [0.3, 0.4) is 0 Å². The van der Waals surface area contributed by atoms with Gasteiger partial charge in [0.05, 0.1) is 0 Å². The molecule has 0 aromatic carbocycles. The van der Waals surface area contributed by atoms with Gasteiger partial charge in [-0.2, -0.15) is 0 Å². The van der Waals surface area contributed by atoms with E-state index >= 15 is 0 Å². The van der Waals surface area contributed by atoms with Crippen LogP contribution in [-0.4, -0.2) is 24.0 Å². The highest BCUT2D eigenvalue weighted by atomic mass is 15.2. The Kier molecular flexibility index (Phi) is 2.64. The Labute approximate surface area is 82.5 Å². The maximum Gasteiger partial charge on any atom is 0.00982 e. The molecule has 3 atom stereocenters. The maximum atomic E-state index is 2.70. The topological polar surface area (TPSA) is 3.24 Å². The molecule has 3 unspecified atom stereocenters. The lowest BCUT2D eigenvalue weighted by Crippen LogP contribution is -2.52. The molecule has 1 nitrogen and oxygen atoms in total. The van der Waals surface area contributed by atoms with E-state index in [4.69, 9.17) is 0 Å². The molecule has 3 aliphatic rings. The van der Waals surface area contributed by atoms with Crippen molar-refractivity contribution in [3.8, 4) is 0 Å². The lowest BCUT2D eigenvalue weighted by Gasteiger charge is -2.50. The van der Waals surface area contributed by atoms with Gasteiger partial charge >= 0.3 is 0 Å². The molecule has 1 aliphatic carbocycles. The summed E-state index contributed by atoms with van der Waals surface area (Å²) in [4.78, 5) is 2.70. The Balaban J connectivity index is 2.03. The fourth-order valence-electron chi connectivity index (χ4n) is 3.46. The first-order valence-electron chi connectivity index (χ1n) is 5.96. The molecule has 0 aromatic rings. The van der Waals surface area contributed by atoms with E-state index in [0.29, 0.717) is 0 Å². The number of fused-ring (bicyclic) bond motifs is 3. The van der Waals surface area contributed by atoms with Crippen molar-refractivity contribution in [3.63, 3.8) is 0 Å². The molecule has 1 heteroatoms. The highest BCUT2D eigenvalue weighted by Gasteiger charge is 2.40. The summed E-state index contributed by atoms with van der Waals surface area (Å²) in [5, 5.41) is 0. The van der Waals surface area contributed by atoms with Gasteiger partial charge in [-0.05, 0) is 43.6 Å². The van der Waals surface area contributed by atoms with Gasteiger partial charge in [-0.15, -0.1) is 0 Å². The second-order valence-electron chi connectivity index (χ2n) is 5.22. The monoisotopic (exact) mass is 181 g/mol. The van der Waals surface area contributed by atoms with Crippen molar-refractivity contribution in [1.29, 1.82) is 0 Å². The summed E-state index contributed by atoms with van der Waals surface area (Å²) in [6.45, 7) is 9.78. The molecule has 0 radical (unpaired) electrons. The number of nitrogens with zero attached hydrogens (tertiary/aromatic N) is 1. The summed E-state index contributed by atoms with van der Waals surface area (Å²) >= 11 is 0. The molecule has 3 fully saturated rings. The molecule has 0 N–H and O–H groups in total. The van der Waals surface area contributed by atoms with Crippen LogP contribution in [0.5, 0.6) is 0 Å². The normalized spacial score (nSPS) is 40.2. The van der Waals surface area contributed by atoms with Crippen LogP contribution in [0.4, 0.5) is 0 Å². The van der Waals surface area contributed by atoms with Crippen LogP contribution < -0.4 is 0 Å². The third-order valence-corrected chi connectivity index (χ3v) is 4.27. The minimum Gasteiger partial charge on any atom is -0.300 e. The van der Waals surface area contributed by atoms with Gasteiger partial charge in [-0.25, -0.2) is 0 Å². The van der Waals surface area contributed by atoms with Gasteiger partial charge in [0.2, 0.25) is 0 Å². The number of piperidine rings is 2. The molecule has 76 valence electrons. The second kappa shape index (κ2) is 3.61. The lowest BCUT2D eigenvalue weighted by molar-refractivity contribution is -0.00858. The predicted molar refractivity (Wildman–Crippen MR) is 56.7 cm³/mol. The molecule has 3 rings (SSSR count). The van der Waals surface area contributed by atoms with Gasteiger partial charge < -0.3 is 4.90 Å². The summed E-state index contributed by atoms with van der Waals surface area (Å²) < 4.78 is 0. The second-order valence-corrected chi connectivity index (χ2v) is 5.22. The molecule has 2 bridgehead atoms. The predicted octanol–water partition coefficient (Wildman–Crippen LogP) is 2.76. The third kappa shape index (κ3) is 1.63. The van der Waals surface area contributed by atoms with Crippen molar-refractivity contribution in [1.82, 2.24) is 4.90 Å². The summed E-state index contributed by atoms with van der Waals surface area (Å²) in [7, 11) is 0. The number of hydrogen-bond donors (Lipinski definition) is 0. The van der Waals surface area contributed by atoms with E-state index in [1.807, 2.05) is 0 Å². The van der Waals surface area contributed by atoms with Crippen LogP contribution in [0.15, 0.2) is 0 Å². The highest BCUT2D eigenvalue weighted by Crippen LogP contribution is 2.42. The van der Waals surface area contributed by atoms with Gasteiger partial charge in [0.1, 0.15) is 0 Å². The maximum absolute atomic E-state index is 2.70. The number of rotatable bonds is 2. The van der Waals surface area contributed by atoms with Crippen LogP contribution in [0.1, 0.15) is 40.0 Å². The Hall–Kier alpha value is -0.0400. The first-order chi connectivity index (χ1) is 6.22. The van der Waals surface area contributed by atoms with Gasteiger partial charge in [-0.3, -0.25) is 0 Å². The van der Waals surface area contributed by atoms with Crippen LogP contribution in [0.25, 0.3) is 0 Å². The van der Waals surface area contributed by atoms with Crippen molar-refractivity contribution in [2.75, 3.05) is 13.1 Å². The minimum absolute atomic E-state index is 0.909. The molecule has 0 aromatic heterocycles.